The lowest BCUT2D eigenvalue weighted by molar-refractivity contribution is -0.228. The summed E-state index contributed by atoms with van der Waals surface area (Å²) in [5, 5.41) is 4.22. The molecule has 1 aliphatic carbocycles. The van der Waals surface area contributed by atoms with Crippen LogP contribution in [0.5, 0.6) is 0 Å². The summed E-state index contributed by atoms with van der Waals surface area (Å²) in [7, 11) is 0. The number of aryl methyl sites for hydroxylation is 1. The number of carbonyl (C=O) groups excluding carboxylic acids is 1. The lowest BCUT2D eigenvalue weighted by Gasteiger charge is -2.44. The molecule has 2 aromatic heterocycles. The van der Waals surface area contributed by atoms with E-state index in [9.17, 15) is 22.8 Å². The molecule has 0 bridgehead atoms. The highest BCUT2D eigenvalue weighted by Gasteiger charge is 2.44. The van der Waals surface area contributed by atoms with Gasteiger partial charge in [-0.15, -0.1) is 24.9 Å². The molecule has 5 rings (SSSR count). The molecule has 1 amide bonds. The van der Waals surface area contributed by atoms with Crippen molar-refractivity contribution < 1.29 is 22.7 Å². The van der Waals surface area contributed by atoms with Crippen molar-refractivity contribution in [2.75, 3.05) is 19.5 Å². The molecule has 0 unspecified atom stereocenters. The second-order valence-electron chi connectivity index (χ2n) is 12.1. The molecule has 0 spiro atoms. The zero-order valence-corrected chi connectivity index (χ0v) is 25.5. The summed E-state index contributed by atoms with van der Waals surface area (Å²) in [4.78, 5) is 29.5. The van der Waals surface area contributed by atoms with Crippen molar-refractivity contribution in [2.45, 2.75) is 88.7 Å². The fourth-order valence-corrected chi connectivity index (χ4v) is 7.41. The van der Waals surface area contributed by atoms with Crippen molar-refractivity contribution in [1.29, 1.82) is 0 Å². The van der Waals surface area contributed by atoms with Gasteiger partial charge >= 0.3 is 6.30 Å². The molecule has 1 saturated carbocycles. The molecule has 1 aromatic carbocycles. The van der Waals surface area contributed by atoms with Crippen LogP contribution in [0.25, 0.3) is 10.9 Å². The average molecular weight is 605 g/mol. The number of benzene rings is 1. The molecule has 0 radical (unpaired) electrons. The van der Waals surface area contributed by atoms with Crippen LogP contribution in [0.1, 0.15) is 72.9 Å². The van der Waals surface area contributed by atoms with Gasteiger partial charge in [0.1, 0.15) is 0 Å². The van der Waals surface area contributed by atoms with Gasteiger partial charge in [-0.3, -0.25) is 9.59 Å². The number of H-pyrrole nitrogens is 1. The van der Waals surface area contributed by atoms with Crippen LogP contribution in [-0.4, -0.2) is 57.7 Å². The van der Waals surface area contributed by atoms with Gasteiger partial charge in [-0.25, -0.2) is 4.90 Å². The Kier molecular flexibility index (Phi) is 8.57. The normalized spacial score (nSPS) is 21.2. The minimum atomic E-state index is -4.99. The van der Waals surface area contributed by atoms with E-state index in [4.69, 9.17) is 4.74 Å². The monoisotopic (exact) mass is 604 g/mol. The molecule has 2 N–H and O–H groups in total. The number of alkyl halides is 3. The maximum atomic E-state index is 14.5. The molecule has 2 aliphatic rings. The Morgan fingerprint density at radius 3 is 2.48 bits per heavy atom. The van der Waals surface area contributed by atoms with E-state index in [1.165, 1.54) is 11.8 Å². The lowest BCUT2D eigenvalue weighted by Crippen LogP contribution is -2.61. The number of para-hydroxylation sites is 1. The topological polar surface area (TPSA) is 79.4 Å². The highest BCUT2D eigenvalue weighted by Crippen LogP contribution is 2.40. The van der Waals surface area contributed by atoms with Gasteiger partial charge in [-0.1, -0.05) is 18.2 Å². The van der Waals surface area contributed by atoms with Crippen LogP contribution < -0.4 is 10.9 Å². The molecule has 2 fully saturated rings. The zero-order chi connectivity index (χ0) is 30.4. The van der Waals surface area contributed by atoms with Gasteiger partial charge in [-0.2, -0.15) is 0 Å². The van der Waals surface area contributed by atoms with Gasteiger partial charge in [0.15, 0.2) is 0 Å². The summed E-state index contributed by atoms with van der Waals surface area (Å²) >= 11 is 1.18. The first-order valence-corrected chi connectivity index (χ1v) is 15.7. The van der Waals surface area contributed by atoms with Crippen LogP contribution in [0.4, 0.5) is 13.2 Å². The number of rotatable bonds is 8. The molecule has 11 heteroatoms. The summed E-state index contributed by atoms with van der Waals surface area (Å²) in [6.07, 6.45) is 0.695. The first kappa shape index (κ1) is 30.7. The molecule has 3 aromatic rings. The third kappa shape index (κ3) is 5.88. The number of pyridine rings is 1. The number of fused-ring (bicyclic) bond motifs is 1. The number of nitrogens with one attached hydrogen (secondary N) is 2. The number of halogens is 3. The number of hydrogen-bond acceptors (Lipinski definition) is 5. The van der Waals surface area contributed by atoms with E-state index in [1.54, 1.807) is 38.3 Å². The van der Waals surface area contributed by atoms with E-state index in [0.29, 0.717) is 33.6 Å². The Hall–Kier alpha value is -2.76. The van der Waals surface area contributed by atoms with Crippen molar-refractivity contribution in [3.8, 4) is 0 Å². The number of ether oxygens (including phenoxy) is 1. The van der Waals surface area contributed by atoms with Crippen molar-refractivity contribution in [3.63, 3.8) is 0 Å². The van der Waals surface area contributed by atoms with Gasteiger partial charge in [0.05, 0.1) is 36.4 Å². The molecule has 228 valence electrons. The molecular formula is C31H39F3N4O3S. The summed E-state index contributed by atoms with van der Waals surface area (Å²) in [6.45, 7) is 8.26. The van der Waals surface area contributed by atoms with E-state index < -0.39 is 24.3 Å². The van der Waals surface area contributed by atoms with Gasteiger partial charge in [0, 0.05) is 39.3 Å². The van der Waals surface area contributed by atoms with E-state index >= 15 is 0 Å². The highest BCUT2D eigenvalue weighted by molar-refractivity contribution is 7.98. The van der Waals surface area contributed by atoms with Gasteiger partial charge < -0.3 is 19.6 Å². The lowest BCUT2D eigenvalue weighted by atomic mass is 9.81. The number of aromatic nitrogens is 2. The number of amides is 1. The van der Waals surface area contributed by atoms with Crippen molar-refractivity contribution in [3.05, 3.63) is 63.2 Å². The quantitative estimate of drug-likeness (QED) is 0.232. The number of carbonyl (C=O) groups is 1. The van der Waals surface area contributed by atoms with Gasteiger partial charge in [0.2, 0.25) is 0 Å². The van der Waals surface area contributed by atoms with Crippen molar-refractivity contribution in [1.82, 2.24) is 19.8 Å². The fourth-order valence-electron chi connectivity index (χ4n) is 6.71. The first-order valence-electron chi connectivity index (χ1n) is 14.4. The van der Waals surface area contributed by atoms with E-state index in [2.05, 4.69) is 24.1 Å². The smallest absolute Gasteiger partial charge is 0.377 e. The van der Waals surface area contributed by atoms with E-state index in [1.807, 2.05) is 16.7 Å². The fraction of sp³-hybridized carbons (Fsp3) is 0.548. The molecule has 3 heterocycles. The van der Waals surface area contributed by atoms with Crippen LogP contribution in [0.2, 0.25) is 0 Å². The van der Waals surface area contributed by atoms with Gasteiger partial charge in [-0.05, 0) is 77.7 Å². The third-order valence-electron chi connectivity index (χ3n) is 8.94. The standard InChI is InChI=1S/C31H39F3N4O3S/c1-18-14-26(42-5)24(28(39)35-18)15-37(31(32,33)34)29(40)27-20(3)38(25-9-7-6-8-23(25)27)19(2)21-10-12-22(13-11-21)36-30(4)16-41-17-30/h6-9,14,19,21-22,36H,10-13,15-17H2,1-5H3,(H,35,39)/t19-,21?,22?/m1/s1. The largest absolute Gasteiger partial charge is 0.487 e. The van der Waals surface area contributed by atoms with Crippen LogP contribution in [-0.2, 0) is 11.3 Å². The summed E-state index contributed by atoms with van der Waals surface area (Å²) in [5.41, 5.74) is 1.14. The maximum absolute atomic E-state index is 14.5. The van der Waals surface area contributed by atoms with Crippen molar-refractivity contribution >= 4 is 28.6 Å². The first-order chi connectivity index (χ1) is 19.8. The molecule has 1 saturated heterocycles. The Morgan fingerprint density at radius 1 is 1.21 bits per heavy atom. The minimum Gasteiger partial charge on any atom is -0.377 e. The second kappa shape index (κ2) is 11.7. The van der Waals surface area contributed by atoms with Crippen LogP contribution in [0.3, 0.4) is 0 Å². The number of hydrogen-bond donors (Lipinski definition) is 2. The average Bonchev–Trinajstić information content (AvgIpc) is 3.21. The molecule has 42 heavy (non-hydrogen) atoms. The molecule has 1 atom stereocenters. The van der Waals surface area contributed by atoms with Crippen molar-refractivity contribution in [2.24, 2.45) is 5.92 Å². The van der Waals surface area contributed by atoms with Crippen LogP contribution >= 0.6 is 11.8 Å². The Morgan fingerprint density at radius 2 is 1.88 bits per heavy atom. The summed E-state index contributed by atoms with van der Waals surface area (Å²) < 4.78 is 51.0. The number of thioether (sulfide) groups is 1. The molecule has 1 aliphatic heterocycles. The number of aromatic amines is 1. The SMILES string of the molecule is CSc1cc(C)[nH]c(=O)c1CN(C(=O)c1c(C)n([C@H](C)C2CCC(NC3(C)COC3)CC2)c2ccccc12)C(F)(F)F. The Balaban J connectivity index is 1.46. The maximum Gasteiger partial charge on any atom is 0.487 e. The summed E-state index contributed by atoms with van der Waals surface area (Å²) in [5.74, 6) is -0.835. The highest BCUT2D eigenvalue weighted by atomic mass is 32.2. The zero-order valence-electron chi connectivity index (χ0n) is 24.7. The minimum absolute atomic E-state index is 0.0117. The van der Waals surface area contributed by atoms with Crippen LogP contribution in [0, 0.1) is 19.8 Å². The molecular weight excluding hydrogens is 565 g/mol. The van der Waals surface area contributed by atoms with Crippen LogP contribution in [0.15, 0.2) is 40.0 Å². The van der Waals surface area contributed by atoms with Gasteiger partial charge in [0.25, 0.3) is 11.5 Å². The Labute approximate surface area is 248 Å². The third-order valence-corrected chi connectivity index (χ3v) is 9.75. The van der Waals surface area contributed by atoms with E-state index in [-0.39, 0.29) is 27.6 Å². The summed E-state index contributed by atoms with van der Waals surface area (Å²) in [6, 6.07) is 9.20. The predicted octanol–water partition coefficient (Wildman–Crippen LogP) is 6.33. The predicted molar refractivity (Wildman–Crippen MR) is 159 cm³/mol. The molecule has 7 nitrogen and oxygen atoms in total. The van der Waals surface area contributed by atoms with E-state index in [0.717, 1.165) is 44.4 Å². The second-order valence-corrected chi connectivity index (χ2v) is 12.9. The number of nitrogens with zero attached hydrogens (tertiary/aromatic N) is 2. The Bertz CT molecular complexity index is 1520.